The van der Waals surface area contributed by atoms with E-state index in [-0.39, 0.29) is 5.78 Å². The van der Waals surface area contributed by atoms with Crippen molar-refractivity contribution in [2.75, 3.05) is 12.3 Å². The Morgan fingerprint density at radius 3 is 2.56 bits per heavy atom. The number of ether oxygens (including phenoxy) is 1. The van der Waals surface area contributed by atoms with Gasteiger partial charge < -0.3 is 10.5 Å². The highest BCUT2D eigenvalue weighted by Gasteiger charge is 2.12. The third-order valence-corrected chi connectivity index (χ3v) is 2.19. The van der Waals surface area contributed by atoms with Gasteiger partial charge in [-0.1, -0.05) is 6.92 Å². The number of carbonyl (C=O) groups excluding carboxylic acids is 2. The fourth-order valence-corrected chi connectivity index (χ4v) is 1.33. The van der Waals surface area contributed by atoms with Gasteiger partial charge in [0.1, 0.15) is 0 Å². The Morgan fingerprint density at radius 1 is 1.31 bits per heavy atom. The van der Waals surface area contributed by atoms with E-state index in [9.17, 15) is 9.59 Å². The molecule has 0 heterocycles. The first-order valence-corrected chi connectivity index (χ1v) is 5.20. The van der Waals surface area contributed by atoms with Crippen LogP contribution in [-0.2, 0) is 4.74 Å². The SMILES string of the molecule is CCOC(=O)c1ccc(N)c(C(=O)CC)c1. The number of ketones is 1. The van der Waals surface area contributed by atoms with Gasteiger partial charge in [-0.05, 0) is 25.1 Å². The van der Waals surface area contributed by atoms with Gasteiger partial charge in [0.2, 0.25) is 0 Å². The number of rotatable bonds is 4. The summed E-state index contributed by atoms with van der Waals surface area (Å²) in [5, 5.41) is 0. The van der Waals surface area contributed by atoms with Crippen LogP contribution in [0.2, 0.25) is 0 Å². The molecule has 4 heteroatoms. The first-order valence-electron chi connectivity index (χ1n) is 5.20. The van der Waals surface area contributed by atoms with E-state index >= 15 is 0 Å². The maximum absolute atomic E-state index is 11.5. The van der Waals surface area contributed by atoms with Crippen molar-refractivity contribution in [1.82, 2.24) is 0 Å². The zero-order valence-corrected chi connectivity index (χ0v) is 9.45. The Labute approximate surface area is 94.4 Å². The average molecular weight is 221 g/mol. The smallest absolute Gasteiger partial charge is 0.338 e. The summed E-state index contributed by atoms with van der Waals surface area (Å²) in [6.45, 7) is 3.78. The Balaban J connectivity index is 3.07. The number of esters is 1. The summed E-state index contributed by atoms with van der Waals surface area (Å²) in [4.78, 5) is 23.0. The normalized spacial score (nSPS) is 9.88. The molecule has 0 atom stereocenters. The quantitative estimate of drug-likeness (QED) is 0.480. The van der Waals surface area contributed by atoms with Crippen LogP contribution in [0.15, 0.2) is 18.2 Å². The van der Waals surface area contributed by atoms with E-state index < -0.39 is 5.97 Å². The maximum Gasteiger partial charge on any atom is 0.338 e. The van der Waals surface area contributed by atoms with Gasteiger partial charge in [-0.25, -0.2) is 4.79 Å². The summed E-state index contributed by atoms with van der Waals surface area (Å²) in [6.07, 6.45) is 0.358. The Kier molecular flexibility index (Phi) is 4.05. The number of hydrogen-bond donors (Lipinski definition) is 1. The van der Waals surface area contributed by atoms with Crippen molar-refractivity contribution in [2.24, 2.45) is 0 Å². The van der Waals surface area contributed by atoms with Gasteiger partial charge in [0.05, 0.1) is 12.2 Å². The molecule has 16 heavy (non-hydrogen) atoms. The molecule has 0 saturated carbocycles. The second kappa shape index (κ2) is 5.30. The molecule has 0 amide bonds. The molecule has 0 fully saturated rings. The molecule has 1 aromatic rings. The third-order valence-electron chi connectivity index (χ3n) is 2.19. The predicted octanol–water partition coefficient (Wildman–Crippen LogP) is 2.04. The highest BCUT2D eigenvalue weighted by molar-refractivity contribution is 6.03. The van der Waals surface area contributed by atoms with Gasteiger partial charge >= 0.3 is 5.97 Å². The molecule has 0 saturated heterocycles. The standard InChI is InChI=1S/C12H15NO3/c1-3-11(14)9-7-8(5-6-10(9)13)12(15)16-4-2/h5-7H,3-4,13H2,1-2H3. The number of nitrogen functional groups attached to an aromatic ring is 1. The lowest BCUT2D eigenvalue weighted by molar-refractivity contribution is 0.0526. The molecule has 0 aliphatic rings. The van der Waals surface area contributed by atoms with Crippen molar-refractivity contribution in [3.05, 3.63) is 29.3 Å². The van der Waals surface area contributed by atoms with E-state index in [0.29, 0.717) is 29.8 Å². The Hall–Kier alpha value is -1.84. The van der Waals surface area contributed by atoms with Crippen molar-refractivity contribution in [3.63, 3.8) is 0 Å². The summed E-state index contributed by atoms with van der Waals surface area (Å²) in [6, 6.07) is 4.59. The van der Waals surface area contributed by atoms with Gasteiger partial charge in [-0.3, -0.25) is 4.79 Å². The third kappa shape index (κ3) is 2.59. The fourth-order valence-electron chi connectivity index (χ4n) is 1.33. The van der Waals surface area contributed by atoms with Crippen LogP contribution >= 0.6 is 0 Å². The number of carbonyl (C=O) groups is 2. The lowest BCUT2D eigenvalue weighted by atomic mass is 10.0. The fraction of sp³-hybridized carbons (Fsp3) is 0.333. The Morgan fingerprint density at radius 2 is 2.00 bits per heavy atom. The first kappa shape index (κ1) is 12.2. The molecular formula is C12H15NO3. The maximum atomic E-state index is 11.5. The molecular weight excluding hydrogens is 206 g/mol. The topological polar surface area (TPSA) is 69.4 Å². The zero-order valence-electron chi connectivity index (χ0n) is 9.45. The van der Waals surface area contributed by atoms with E-state index in [1.165, 1.54) is 6.07 Å². The van der Waals surface area contributed by atoms with Crippen LogP contribution in [0.1, 0.15) is 41.0 Å². The minimum atomic E-state index is -0.437. The summed E-state index contributed by atoms with van der Waals surface area (Å²) >= 11 is 0. The monoisotopic (exact) mass is 221 g/mol. The molecule has 86 valence electrons. The average Bonchev–Trinajstić information content (AvgIpc) is 2.29. The van der Waals surface area contributed by atoms with Crippen LogP contribution < -0.4 is 5.73 Å². The Bertz CT molecular complexity index is 413. The van der Waals surface area contributed by atoms with Crippen LogP contribution in [-0.4, -0.2) is 18.4 Å². The first-order chi connectivity index (χ1) is 7.60. The van der Waals surface area contributed by atoms with E-state index in [2.05, 4.69) is 0 Å². The lowest BCUT2D eigenvalue weighted by Gasteiger charge is -2.06. The van der Waals surface area contributed by atoms with Crippen molar-refractivity contribution in [1.29, 1.82) is 0 Å². The molecule has 0 aliphatic heterocycles. The van der Waals surface area contributed by atoms with E-state index in [4.69, 9.17) is 10.5 Å². The summed E-state index contributed by atoms with van der Waals surface area (Å²) in [5.41, 5.74) is 6.79. The van der Waals surface area contributed by atoms with E-state index in [1.54, 1.807) is 26.0 Å². The number of benzene rings is 1. The molecule has 4 nitrogen and oxygen atoms in total. The predicted molar refractivity (Wildman–Crippen MR) is 61.4 cm³/mol. The highest BCUT2D eigenvalue weighted by atomic mass is 16.5. The van der Waals surface area contributed by atoms with Gasteiger partial charge in [0, 0.05) is 17.7 Å². The molecule has 2 N–H and O–H groups in total. The van der Waals surface area contributed by atoms with Gasteiger partial charge in [0.15, 0.2) is 5.78 Å². The zero-order chi connectivity index (χ0) is 12.1. The van der Waals surface area contributed by atoms with Crippen LogP contribution in [0.25, 0.3) is 0 Å². The summed E-state index contributed by atoms with van der Waals surface area (Å²) in [7, 11) is 0. The van der Waals surface area contributed by atoms with Crippen LogP contribution in [0.3, 0.4) is 0 Å². The number of Topliss-reactive ketones (excluding diaryl/α,β-unsaturated/α-hetero) is 1. The van der Waals surface area contributed by atoms with Crippen LogP contribution in [0, 0.1) is 0 Å². The minimum Gasteiger partial charge on any atom is -0.462 e. The molecule has 0 bridgehead atoms. The van der Waals surface area contributed by atoms with Gasteiger partial charge in [-0.15, -0.1) is 0 Å². The molecule has 0 unspecified atom stereocenters. The van der Waals surface area contributed by atoms with Crippen molar-refractivity contribution in [3.8, 4) is 0 Å². The highest BCUT2D eigenvalue weighted by Crippen LogP contribution is 2.16. The number of hydrogen-bond acceptors (Lipinski definition) is 4. The molecule has 0 radical (unpaired) electrons. The lowest BCUT2D eigenvalue weighted by Crippen LogP contribution is -2.08. The van der Waals surface area contributed by atoms with Crippen molar-refractivity contribution >= 4 is 17.4 Å². The summed E-state index contributed by atoms with van der Waals surface area (Å²) in [5.74, 6) is -0.517. The second-order valence-corrected chi connectivity index (χ2v) is 3.30. The van der Waals surface area contributed by atoms with Crippen LogP contribution in [0.4, 0.5) is 5.69 Å². The number of nitrogens with two attached hydrogens (primary N) is 1. The molecule has 0 aromatic heterocycles. The van der Waals surface area contributed by atoms with Gasteiger partial charge in [-0.2, -0.15) is 0 Å². The van der Waals surface area contributed by atoms with E-state index in [0.717, 1.165) is 0 Å². The molecule has 1 rings (SSSR count). The largest absolute Gasteiger partial charge is 0.462 e. The summed E-state index contributed by atoms with van der Waals surface area (Å²) < 4.78 is 4.85. The van der Waals surface area contributed by atoms with Crippen molar-refractivity contribution in [2.45, 2.75) is 20.3 Å². The number of anilines is 1. The molecule has 1 aromatic carbocycles. The second-order valence-electron chi connectivity index (χ2n) is 3.30. The van der Waals surface area contributed by atoms with Crippen LogP contribution in [0.5, 0.6) is 0 Å². The molecule has 0 aliphatic carbocycles. The van der Waals surface area contributed by atoms with E-state index in [1.807, 2.05) is 0 Å². The molecule has 0 spiro atoms. The van der Waals surface area contributed by atoms with Crippen molar-refractivity contribution < 1.29 is 14.3 Å². The minimum absolute atomic E-state index is 0.0800. The van der Waals surface area contributed by atoms with Gasteiger partial charge in [0.25, 0.3) is 0 Å².